The molecule has 0 aromatic heterocycles. The van der Waals surface area contributed by atoms with E-state index in [1.54, 1.807) is 5.56 Å². The molecule has 0 fully saturated rings. The van der Waals surface area contributed by atoms with Gasteiger partial charge in [0.2, 0.25) is 0 Å². The van der Waals surface area contributed by atoms with Crippen molar-refractivity contribution >= 4 is 32.4 Å². The maximum absolute atomic E-state index is 4.93. The summed E-state index contributed by atoms with van der Waals surface area (Å²) in [5.74, 6) is 0.496. The third kappa shape index (κ3) is 2.18. The lowest BCUT2D eigenvalue weighted by Crippen LogP contribution is -2.09. The maximum Gasteiger partial charge on any atom is 0.0765 e. The van der Waals surface area contributed by atoms with Crippen LogP contribution in [-0.2, 0) is 6.42 Å². The summed E-state index contributed by atoms with van der Waals surface area (Å²) in [7, 11) is 0. The number of rotatable bonds is 1. The number of nitrogens with zero attached hydrogens (tertiary/aromatic N) is 1. The highest BCUT2D eigenvalue weighted by atomic mass is 14.8. The number of hydrogen-bond acceptors (Lipinski definition) is 2. The van der Waals surface area contributed by atoms with E-state index in [4.69, 9.17) is 4.98 Å². The third-order valence-electron chi connectivity index (χ3n) is 6.80. The molecule has 140 valence electrons. The van der Waals surface area contributed by atoms with Crippen molar-refractivity contribution in [3.05, 3.63) is 89.5 Å². The minimum Gasteiger partial charge on any atom is -0.344 e. The fourth-order valence-corrected chi connectivity index (χ4v) is 5.54. The summed E-state index contributed by atoms with van der Waals surface area (Å²) in [4.78, 5) is 4.93. The standard InChI is InChI=1S/C27H19N.H3N/c1-2-8-18-16(6-1)12-15-20-19(18)14-13-17-7-5-10-22(24(17)20)26-25-21-9-3-4-11-23(21)28-27(25)26;/h1-4,6,8-9,11-15,22H,5,7,10H2;1H3. The van der Waals surface area contributed by atoms with E-state index in [-0.39, 0.29) is 6.15 Å². The monoisotopic (exact) mass is 374 g/mol. The largest absolute Gasteiger partial charge is 0.344 e. The fourth-order valence-electron chi connectivity index (χ4n) is 5.54. The first-order valence-corrected chi connectivity index (χ1v) is 10.3. The van der Waals surface area contributed by atoms with Crippen molar-refractivity contribution in [2.45, 2.75) is 25.2 Å². The van der Waals surface area contributed by atoms with Gasteiger partial charge in [-0.3, -0.25) is 0 Å². The molecule has 1 atom stereocenters. The minimum atomic E-state index is 0. The molecular formula is C27H22N2. The SMILES string of the molecule is N.c1ccc2c(c1)ccc1c3c(ccc12)CCCC3c1c2nc3ccccc3c1-2. The van der Waals surface area contributed by atoms with Gasteiger partial charge in [-0.05, 0) is 63.6 Å². The van der Waals surface area contributed by atoms with Crippen LogP contribution in [0.4, 0.5) is 0 Å². The third-order valence-corrected chi connectivity index (χ3v) is 6.80. The number of aryl methyl sites for hydroxylation is 1. The quantitative estimate of drug-likeness (QED) is 0.311. The van der Waals surface area contributed by atoms with E-state index < -0.39 is 0 Å². The normalized spacial score (nSPS) is 16.6. The molecule has 3 aliphatic rings. The summed E-state index contributed by atoms with van der Waals surface area (Å²) in [5.41, 5.74) is 8.47. The second-order valence-corrected chi connectivity index (χ2v) is 8.23. The molecule has 29 heavy (non-hydrogen) atoms. The van der Waals surface area contributed by atoms with Crippen LogP contribution in [0.15, 0.2) is 72.8 Å². The summed E-state index contributed by atoms with van der Waals surface area (Å²) in [5, 5.41) is 6.86. The second kappa shape index (κ2) is 5.88. The molecule has 0 amide bonds. The van der Waals surface area contributed by atoms with E-state index in [9.17, 15) is 0 Å². The van der Waals surface area contributed by atoms with Crippen LogP contribution in [0.3, 0.4) is 0 Å². The second-order valence-electron chi connectivity index (χ2n) is 8.23. The van der Waals surface area contributed by atoms with Crippen molar-refractivity contribution in [1.29, 1.82) is 0 Å². The Bertz CT molecular complexity index is 1450. The van der Waals surface area contributed by atoms with Gasteiger partial charge in [0.05, 0.1) is 11.2 Å². The van der Waals surface area contributed by atoms with E-state index in [1.165, 1.54) is 68.6 Å². The number of benzene rings is 4. The molecule has 1 aliphatic heterocycles. The molecule has 7 rings (SSSR count). The summed E-state index contributed by atoms with van der Waals surface area (Å²) in [6, 6.07) is 26.7. The van der Waals surface area contributed by atoms with E-state index in [1.807, 2.05) is 0 Å². The van der Waals surface area contributed by atoms with Crippen LogP contribution in [0.25, 0.3) is 43.7 Å². The van der Waals surface area contributed by atoms with Crippen molar-refractivity contribution in [2.75, 3.05) is 0 Å². The van der Waals surface area contributed by atoms with Gasteiger partial charge in [-0.25, -0.2) is 4.98 Å². The molecule has 2 aliphatic carbocycles. The molecule has 0 spiro atoms. The van der Waals surface area contributed by atoms with Gasteiger partial charge < -0.3 is 6.15 Å². The molecule has 2 nitrogen and oxygen atoms in total. The summed E-state index contributed by atoms with van der Waals surface area (Å²) in [6.45, 7) is 0. The molecule has 3 N–H and O–H groups in total. The van der Waals surface area contributed by atoms with Gasteiger partial charge in [0, 0.05) is 16.9 Å². The molecule has 4 aromatic rings. The molecule has 1 unspecified atom stereocenters. The summed E-state index contributed by atoms with van der Waals surface area (Å²) in [6.07, 6.45) is 3.70. The number of pyridine rings is 1. The van der Waals surface area contributed by atoms with Crippen LogP contribution < -0.4 is 6.15 Å². The van der Waals surface area contributed by atoms with Gasteiger partial charge in [0.1, 0.15) is 0 Å². The predicted molar refractivity (Wildman–Crippen MR) is 122 cm³/mol. The van der Waals surface area contributed by atoms with Crippen LogP contribution in [0.5, 0.6) is 0 Å². The van der Waals surface area contributed by atoms with E-state index in [0.29, 0.717) is 5.92 Å². The van der Waals surface area contributed by atoms with Gasteiger partial charge in [-0.2, -0.15) is 0 Å². The van der Waals surface area contributed by atoms with Crippen molar-refractivity contribution < 1.29 is 0 Å². The highest BCUT2D eigenvalue weighted by molar-refractivity contribution is 6.12. The van der Waals surface area contributed by atoms with Gasteiger partial charge >= 0.3 is 0 Å². The predicted octanol–water partition coefficient (Wildman–Crippen LogP) is 7.15. The first kappa shape index (κ1) is 16.7. The number of aromatic nitrogens is 1. The zero-order valence-electron chi connectivity index (χ0n) is 16.3. The maximum atomic E-state index is 4.93. The molecule has 0 saturated carbocycles. The van der Waals surface area contributed by atoms with Crippen LogP contribution in [-0.4, -0.2) is 4.98 Å². The molecule has 4 aromatic carbocycles. The van der Waals surface area contributed by atoms with Gasteiger partial charge in [-0.15, -0.1) is 0 Å². The zero-order valence-corrected chi connectivity index (χ0v) is 16.3. The lowest BCUT2D eigenvalue weighted by molar-refractivity contribution is 0.628. The van der Waals surface area contributed by atoms with E-state index in [0.717, 1.165) is 5.52 Å². The lowest BCUT2D eigenvalue weighted by atomic mass is 9.78. The number of hydrogen-bond donors (Lipinski definition) is 1. The minimum absolute atomic E-state index is 0. The smallest absolute Gasteiger partial charge is 0.0765 e. The van der Waals surface area contributed by atoms with Gasteiger partial charge in [0.25, 0.3) is 0 Å². The Morgan fingerprint density at radius 1 is 0.690 bits per heavy atom. The number of para-hydroxylation sites is 1. The molecule has 0 saturated heterocycles. The number of fused-ring (bicyclic) bond motifs is 8. The molecule has 0 bridgehead atoms. The summed E-state index contributed by atoms with van der Waals surface area (Å²) < 4.78 is 0. The Hall–Kier alpha value is -3.23. The van der Waals surface area contributed by atoms with Crippen molar-refractivity contribution in [3.8, 4) is 11.3 Å². The van der Waals surface area contributed by atoms with Crippen molar-refractivity contribution in [1.82, 2.24) is 11.1 Å². The fraction of sp³-hybridized carbons (Fsp3) is 0.148. The van der Waals surface area contributed by atoms with Crippen molar-refractivity contribution in [3.63, 3.8) is 0 Å². The Balaban J connectivity index is 0.00000165. The average molecular weight is 374 g/mol. The first-order valence-electron chi connectivity index (χ1n) is 10.3. The summed E-state index contributed by atoms with van der Waals surface area (Å²) >= 11 is 0. The zero-order chi connectivity index (χ0) is 18.2. The van der Waals surface area contributed by atoms with Crippen molar-refractivity contribution in [2.24, 2.45) is 0 Å². The molecule has 1 heterocycles. The van der Waals surface area contributed by atoms with Gasteiger partial charge in [-0.1, -0.05) is 66.7 Å². The Labute approximate surface area is 169 Å². The highest BCUT2D eigenvalue weighted by Crippen LogP contribution is 2.56. The molecule has 2 heteroatoms. The van der Waals surface area contributed by atoms with Crippen LogP contribution in [0.1, 0.15) is 35.4 Å². The molecular weight excluding hydrogens is 352 g/mol. The Morgan fingerprint density at radius 2 is 1.48 bits per heavy atom. The van der Waals surface area contributed by atoms with Crippen LogP contribution in [0, 0.1) is 0 Å². The van der Waals surface area contributed by atoms with E-state index >= 15 is 0 Å². The topological polar surface area (TPSA) is 47.9 Å². The first-order chi connectivity index (χ1) is 13.9. The van der Waals surface area contributed by atoms with Gasteiger partial charge in [0.15, 0.2) is 0 Å². The Morgan fingerprint density at radius 3 is 2.41 bits per heavy atom. The van der Waals surface area contributed by atoms with Crippen LogP contribution in [0.2, 0.25) is 0 Å². The Kier molecular flexibility index (Phi) is 3.39. The highest BCUT2D eigenvalue weighted by Gasteiger charge is 2.38. The average Bonchev–Trinajstić information content (AvgIpc) is 3.33. The molecule has 0 radical (unpaired) electrons. The van der Waals surface area contributed by atoms with E-state index in [2.05, 4.69) is 72.8 Å². The van der Waals surface area contributed by atoms with Crippen LogP contribution >= 0.6 is 0 Å². The lowest BCUT2D eigenvalue weighted by Gasteiger charge is -2.26.